The van der Waals surface area contributed by atoms with Gasteiger partial charge in [-0.1, -0.05) is 30.3 Å². The van der Waals surface area contributed by atoms with Crippen molar-refractivity contribution in [1.82, 2.24) is 14.9 Å². The maximum absolute atomic E-state index is 13.0. The summed E-state index contributed by atoms with van der Waals surface area (Å²) >= 11 is 6.11. The lowest BCUT2D eigenvalue weighted by molar-refractivity contribution is 0.0949. The minimum absolute atomic E-state index is 0.000810. The largest absolute Gasteiger partial charge is 0.381 e. The molecule has 0 unspecified atom stereocenters. The molecule has 1 aromatic rings. The second kappa shape index (κ2) is 8.60. The third kappa shape index (κ3) is 6.13. The van der Waals surface area contributed by atoms with E-state index in [1.165, 1.54) is 0 Å². The van der Waals surface area contributed by atoms with Gasteiger partial charge in [0.05, 0.1) is 24.5 Å². The van der Waals surface area contributed by atoms with Crippen molar-refractivity contribution in [3.63, 3.8) is 0 Å². The molecule has 0 aliphatic rings. The Balaban J connectivity index is 2.90. The fraction of sp³-hybridized carbons (Fsp3) is 0.333. The van der Waals surface area contributed by atoms with Gasteiger partial charge in [-0.2, -0.15) is 13.9 Å². The van der Waals surface area contributed by atoms with Gasteiger partial charge >= 0.3 is 5.92 Å². The summed E-state index contributed by atoms with van der Waals surface area (Å²) in [4.78, 5) is 0. The van der Waals surface area contributed by atoms with Crippen LogP contribution < -0.4 is 11.6 Å². The van der Waals surface area contributed by atoms with Crippen molar-refractivity contribution in [3.8, 4) is 0 Å². The van der Waals surface area contributed by atoms with Gasteiger partial charge in [0, 0.05) is 12.0 Å². The summed E-state index contributed by atoms with van der Waals surface area (Å²) in [5.41, 5.74) is 6.41. The highest BCUT2D eigenvalue weighted by Gasteiger charge is 2.27. The first kappa shape index (κ1) is 19.9. The number of halogens is 3. The number of hydrogen-bond acceptors (Lipinski definition) is 4. The Morgan fingerprint density at radius 2 is 2.25 bits per heavy atom. The van der Waals surface area contributed by atoms with E-state index in [0.717, 1.165) is 5.12 Å². The monoisotopic (exact) mass is 358 g/mol. The lowest BCUT2D eigenvalue weighted by Crippen LogP contribution is -2.37. The van der Waals surface area contributed by atoms with E-state index in [2.05, 4.69) is 16.8 Å². The lowest BCUT2D eigenvalue weighted by Gasteiger charge is -2.15. The summed E-state index contributed by atoms with van der Waals surface area (Å²) in [6.45, 7) is 6.57. The van der Waals surface area contributed by atoms with Crippen LogP contribution in [0.4, 0.5) is 8.78 Å². The lowest BCUT2D eigenvalue weighted by atomic mass is 10.3. The zero-order valence-corrected chi connectivity index (χ0v) is 14.3. The van der Waals surface area contributed by atoms with E-state index >= 15 is 0 Å². The molecule has 132 valence electrons. The number of alkyl halides is 2. The van der Waals surface area contributed by atoms with Gasteiger partial charge < -0.3 is 5.73 Å². The van der Waals surface area contributed by atoms with Gasteiger partial charge in [0.15, 0.2) is 5.84 Å². The summed E-state index contributed by atoms with van der Waals surface area (Å²) in [7, 11) is 0. The molecule has 1 rings (SSSR count). The molecule has 0 aliphatic heterocycles. The zero-order valence-electron chi connectivity index (χ0n) is 13.6. The first-order valence-electron chi connectivity index (χ1n) is 7.08. The topological polar surface area (TPSA) is 85.5 Å². The smallest absolute Gasteiger partial charge is 0.303 e. The molecule has 0 bridgehead atoms. The van der Waals surface area contributed by atoms with E-state index < -0.39 is 11.8 Å². The molecule has 24 heavy (non-hydrogen) atoms. The molecule has 0 atom stereocenters. The maximum Gasteiger partial charge on any atom is 0.303 e. The van der Waals surface area contributed by atoms with E-state index in [4.69, 9.17) is 23.2 Å². The van der Waals surface area contributed by atoms with E-state index in [0.29, 0.717) is 29.9 Å². The average Bonchev–Trinajstić information content (AvgIpc) is 2.85. The molecule has 0 amide bonds. The maximum atomic E-state index is 13.0. The number of nitrogens with two attached hydrogens (primary N) is 2. The van der Waals surface area contributed by atoms with Crippen LogP contribution in [0.3, 0.4) is 0 Å². The van der Waals surface area contributed by atoms with Gasteiger partial charge in [0.1, 0.15) is 0 Å². The third-order valence-corrected chi connectivity index (χ3v) is 3.10. The number of hydrazine groups is 1. The van der Waals surface area contributed by atoms with Crippen molar-refractivity contribution < 1.29 is 8.78 Å². The third-order valence-electron chi connectivity index (χ3n) is 2.85. The van der Waals surface area contributed by atoms with Gasteiger partial charge in [-0.05, 0) is 25.1 Å². The molecular formula is C15H21ClF2N6. The first-order chi connectivity index (χ1) is 11.2. The van der Waals surface area contributed by atoms with E-state index in [9.17, 15) is 8.78 Å². The Morgan fingerprint density at radius 3 is 2.79 bits per heavy atom. The average molecular weight is 359 g/mol. The molecule has 1 heterocycles. The molecule has 0 radical (unpaired) electrons. The summed E-state index contributed by atoms with van der Waals surface area (Å²) in [6, 6.07) is 1.71. The summed E-state index contributed by atoms with van der Waals surface area (Å²) in [5, 5.41) is 9.14. The Bertz CT molecular complexity index is 657. The molecule has 0 aliphatic carbocycles. The van der Waals surface area contributed by atoms with Crippen LogP contribution in [0, 0.1) is 0 Å². The van der Waals surface area contributed by atoms with Crippen LogP contribution >= 0.6 is 11.6 Å². The fourth-order valence-corrected chi connectivity index (χ4v) is 1.86. The van der Waals surface area contributed by atoms with Crippen molar-refractivity contribution >= 4 is 23.5 Å². The normalized spacial score (nSPS) is 13.6. The predicted molar refractivity (Wildman–Crippen MR) is 93.0 cm³/mol. The molecule has 0 saturated carbocycles. The number of rotatable bonds is 8. The van der Waals surface area contributed by atoms with Gasteiger partial charge in [0.25, 0.3) is 0 Å². The number of allylic oxidation sites excluding steroid dienone is 4. The molecule has 6 nitrogen and oxygen atoms in total. The molecule has 0 spiro atoms. The molecule has 9 heteroatoms. The summed E-state index contributed by atoms with van der Waals surface area (Å²) < 4.78 is 27.6. The second-order valence-corrected chi connectivity index (χ2v) is 5.52. The van der Waals surface area contributed by atoms with Crippen LogP contribution in [-0.4, -0.2) is 26.7 Å². The van der Waals surface area contributed by atoms with Gasteiger partial charge in [-0.15, -0.1) is 5.10 Å². The van der Waals surface area contributed by atoms with Crippen LogP contribution in [0.15, 0.2) is 41.0 Å². The summed E-state index contributed by atoms with van der Waals surface area (Å²) in [5.74, 6) is 1.47. The van der Waals surface area contributed by atoms with Gasteiger partial charge in [-0.3, -0.25) is 4.68 Å². The zero-order chi connectivity index (χ0) is 18.3. The molecule has 0 aromatic carbocycles. The number of nitrogens with zero attached hydrogens (tertiary/aromatic N) is 4. The van der Waals surface area contributed by atoms with Crippen LogP contribution in [0.1, 0.15) is 25.2 Å². The van der Waals surface area contributed by atoms with E-state index in [-0.39, 0.29) is 6.54 Å². The van der Waals surface area contributed by atoms with E-state index in [1.807, 2.05) is 19.1 Å². The predicted octanol–water partition coefficient (Wildman–Crippen LogP) is 2.83. The fourth-order valence-electron chi connectivity index (χ4n) is 1.68. The van der Waals surface area contributed by atoms with Crippen LogP contribution in [0.2, 0.25) is 0 Å². The molecule has 4 N–H and O–H groups in total. The van der Waals surface area contributed by atoms with E-state index in [1.54, 1.807) is 22.9 Å². The first-order valence-corrected chi connectivity index (χ1v) is 7.46. The van der Waals surface area contributed by atoms with Crippen molar-refractivity contribution in [2.45, 2.75) is 32.9 Å². The number of hydrogen-bond donors (Lipinski definition) is 2. The highest BCUT2D eigenvalue weighted by atomic mass is 35.5. The molecular weight excluding hydrogens is 338 g/mol. The minimum atomic E-state index is -3.24. The molecule has 0 saturated heterocycles. The van der Waals surface area contributed by atoms with Crippen LogP contribution in [0.25, 0.3) is 6.08 Å². The van der Waals surface area contributed by atoms with Gasteiger partial charge in [-0.25, -0.2) is 11.0 Å². The van der Waals surface area contributed by atoms with Crippen LogP contribution in [0.5, 0.6) is 0 Å². The highest BCUT2D eigenvalue weighted by Crippen LogP contribution is 2.14. The Kier molecular flexibility index (Phi) is 7.12. The Morgan fingerprint density at radius 1 is 1.58 bits per heavy atom. The number of aromatic nitrogens is 2. The number of amidine groups is 1. The Labute approximate surface area is 144 Å². The number of hydrazone groups is 1. The van der Waals surface area contributed by atoms with Gasteiger partial charge in [0.2, 0.25) is 0 Å². The highest BCUT2D eigenvalue weighted by molar-refractivity contribution is 6.29. The minimum Gasteiger partial charge on any atom is -0.381 e. The second-order valence-electron chi connectivity index (χ2n) is 5.03. The standard InChI is InChI=1S/C15H21ClF2N6/c1-4-6-7-11(16)9-23-13(5-2)8-12(21-23)10-24(20)22-14(19)15(3,17)18/h4-8H,2,9-10,20H2,1,3H3,(H2,19,22)/b6-4-,11-7+. The quantitative estimate of drug-likeness (QED) is 0.246. The van der Waals surface area contributed by atoms with Crippen molar-refractivity contribution in [1.29, 1.82) is 0 Å². The Hall–Kier alpha value is -2.19. The van der Waals surface area contributed by atoms with Crippen molar-refractivity contribution in [2.24, 2.45) is 16.7 Å². The molecule has 1 aromatic heterocycles. The van der Waals surface area contributed by atoms with Crippen molar-refractivity contribution in [3.05, 3.63) is 47.3 Å². The molecule has 0 fully saturated rings. The van der Waals surface area contributed by atoms with Crippen LogP contribution in [-0.2, 0) is 13.1 Å². The SMILES string of the molecule is C=Cc1cc(CN(N)/N=C(\N)C(C)(F)F)nn1C/C(Cl)=C\C=C/C. The summed E-state index contributed by atoms with van der Waals surface area (Å²) in [6.07, 6.45) is 7.02. The van der Waals surface area contributed by atoms with Crippen molar-refractivity contribution in [2.75, 3.05) is 0 Å².